The summed E-state index contributed by atoms with van der Waals surface area (Å²) in [6, 6.07) is 65.6. The van der Waals surface area contributed by atoms with Gasteiger partial charge in [-0.25, -0.2) is 0 Å². The van der Waals surface area contributed by atoms with E-state index in [2.05, 4.69) is 62.4 Å². The molecule has 13 aromatic rings. The summed E-state index contributed by atoms with van der Waals surface area (Å²) in [5, 5.41) is 0. The highest BCUT2D eigenvalue weighted by molar-refractivity contribution is 5.88. The highest BCUT2D eigenvalue weighted by Gasteiger charge is 2.33. The quantitative estimate of drug-likeness (QED) is 0.114. The van der Waals surface area contributed by atoms with Crippen molar-refractivity contribution in [3.05, 3.63) is 297 Å². The maximum Gasteiger partial charge on any atom is 0.417 e. The van der Waals surface area contributed by atoms with Crippen LogP contribution in [0.2, 0.25) is 0 Å². The molecule has 0 radical (unpaired) electrons. The first kappa shape index (κ1) is 58.9. The van der Waals surface area contributed by atoms with E-state index in [-0.39, 0.29) is 11.1 Å². The lowest BCUT2D eigenvalue weighted by Gasteiger charge is -2.15. The van der Waals surface area contributed by atoms with E-state index >= 15 is 0 Å². The smallest absolute Gasteiger partial charge is 0.264 e. The molecule has 444 valence electrons. The molecule has 0 amide bonds. The second-order valence-electron chi connectivity index (χ2n) is 22.2. The third-order valence-corrected chi connectivity index (χ3v) is 15.9. The van der Waals surface area contributed by atoms with Crippen LogP contribution in [0.15, 0.2) is 274 Å². The number of pyridine rings is 5. The molecular weight excluding hydrogens is 1170 g/mol. The lowest BCUT2D eigenvalue weighted by molar-refractivity contribution is -0.138. The standard InChI is InChI=1S/C77H48F9N5/c1-47-20-66(38-87-37-47)54-14-2-8-48(21-54)60-27-61(29-63(28-60)51-11-5-17-57(24-51)69-34-72(44-89-41-69)75(78,79)80)49-9-3-15-55(22-49)67-33-68(40-88-39-67)56-16-4-10-50(23-56)62-30-64(52-12-6-18-58(25-52)70-35-73(45-90-42-70)76(81,82)83)32-65(31-62)53-13-7-19-59(26-53)71-36-74(46-91-43-71)77(84,85)86/h2-46H,1H3. The molecule has 0 aliphatic rings. The summed E-state index contributed by atoms with van der Waals surface area (Å²) in [7, 11) is 0. The zero-order chi connectivity index (χ0) is 63.0. The molecule has 0 spiro atoms. The van der Waals surface area contributed by atoms with Gasteiger partial charge in [0.15, 0.2) is 0 Å². The Morgan fingerprint density at radius 3 is 0.571 bits per heavy atom. The molecule has 0 unspecified atom stereocenters. The molecule has 13 rings (SSSR count). The molecule has 0 aliphatic heterocycles. The van der Waals surface area contributed by atoms with Gasteiger partial charge in [-0.2, -0.15) is 39.5 Å². The zero-order valence-electron chi connectivity index (χ0n) is 48.1. The van der Waals surface area contributed by atoms with Gasteiger partial charge in [0, 0.05) is 95.3 Å². The molecule has 5 heterocycles. The normalized spacial score (nSPS) is 11.8. The maximum atomic E-state index is 13.9. The van der Waals surface area contributed by atoms with Crippen LogP contribution >= 0.6 is 0 Å². The van der Waals surface area contributed by atoms with E-state index in [1.54, 1.807) is 54.9 Å². The van der Waals surface area contributed by atoms with Crippen LogP contribution in [-0.4, -0.2) is 24.9 Å². The van der Waals surface area contributed by atoms with Gasteiger partial charge >= 0.3 is 18.5 Å². The van der Waals surface area contributed by atoms with Crippen molar-refractivity contribution < 1.29 is 39.5 Å². The van der Waals surface area contributed by atoms with Crippen molar-refractivity contribution in [2.45, 2.75) is 25.5 Å². The Kier molecular flexibility index (Phi) is 15.6. The summed E-state index contributed by atoms with van der Waals surface area (Å²) in [6.45, 7) is 2.00. The summed E-state index contributed by atoms with van der Waals surface area (Å²) in [6.07, 6.45) is 0.0562. The van der Waals surface area contributed by atoms with E-state index in [1.165, 1.54) is 18.6 Å². The molecule has 0 fully saturated rings. The lowest BCUT2D eigenvalue weighted by atomic mass is 9.90. The molecule has 0 saturated carbocycles. The molecule has 8 aromatic carbocycles. The topological polar surface area (TPSA) is 64.5 Å². The van der Waals surface area contributed by atoms with E-state index in [1.807, 2.05) is 129 Å². The summed E-state index contributed by atoms with van der Waals surface area (Å²) >= 11 is 0. The number of hydrogen-bond acceptors (Lipinski definition) is 5. The number of aryl methyl sites for hydroxylation is 1. The van der Waals surface area contributed by atoms with Gasteiger partial charge in [-0.1, -0.05) is 109 Å². The van der Waals surface area contributed by atoms with Crippen LogP contribution in [0, 0.1) is 6.92 Å². The van der Waals surface area contributed by atoms with Gasteiger partial charge in [0.25, 0.3) is 0 Å². The fourth-order valence-corrected chi connectivity index (χ4v) is 11.3. The van der Waals surface area contributed by atoms with Crippen LogP contribution in [0.5, 0.6) is 0 Å². The summed E-state index contributed by atoms with van der Waals surface area (Å²) in [5.41, 5.74) is 16.0. The van der Waals surface area contributed by atoms with Crippen molar-refractivity contribution in [2.24, 2.45) is 0 Å². The van der Waals surface area contributed by atoms with E-state index in [0.29, 0.717) is 33.4 Å². The first-order valence-corrected chi connectivity index (χ1v) is 28.7. The molecule has 91 heavy (non-hydrogen) atoms. The molecule has 5 nitrogen and oxygen atoms in total. The van der Waals surface area contributed by atoms with Crippen LogP contribution in [0.25, 0.3) is 134 Å². The van der Waals surface area contributed by atoms with Crippen molar-refractivity contribution in [1.82, 2.24) is 24.9 Å². The Labute approximate surface area is 517 Å². The third kappa shape index (κ3) is 13.1. The highest BCUT2D eigenvalue weighted by Crippen LogP contribution is 2.42. The third-order valence-electron chi connectivity index (χ3n) is 15.9. The highest BCUT2D eigenvalue weighted by atomic mass is 19.4. The van der Waals surface area contributed by atoms with Crippen molar-refractivity contribution >= 4 is 0 Å². The van der Waals surface area contributed by atoms with Crippen molar-refractivity contribution in [1.29, 1.82) is 0 Å². The van der Waals surface area contributed by atoms with Gasteiger partial charge in [-0.15, -0.1) is 0 Å². The second kappa shape index (κ2) is 24.1. The minimum atomic E-state index is -4.60. The average Bonchev–Trinajstić information content (AvgIpc) is 1.06. The maximum absolute atomic E-state index is 13.9. The Morgan fingerprint density at radius 1 is 0.187 bits per heavy atom. The number of benzene rings is 8. The van der Waals surface area contributed by atoms with E-state index in [9.17, 15) is 39.5 Å². The molecule has 0 N–H and O–H groups in total. The first-order valence-electron chi connectivity index (χ1n) is 28.7. The van der Waals surface area contributed by atoms with Crippen LogP contribution in [0.3, 0.4) is 0 Å². The fraction of sp³-hybridized carbons (Fsp3) is 0.0519. The number of rotatable bonds is 12. The molecule has 0 atom stereocenters. The van der Waals surface area contributed by atoms with Crippen molar-refractivity contribution in [3.8, 4) is 134 Å². The minimum Gasteiger partial charge on any atom is -0.264 e. The van der Waals surface area contributed by atoms with Crippen LogP contribution < -0.4 is 0 Å². The van der Waals surface area contributed by atoms with Gasteiger partial charge in [-0.05, 0) is 216 Å². The zero-order valence-corrected chi connectivity index (χ0v) is 48.1. The number of aromatic nitrogens is 5. The van der Waals surface area contributed by atoms with Crippen LogP contribution in [-0.2, 0) is 18.5 Å². The number of alkyl halides is 9. The average molecular weight is 1210 g/mol. The lowest BCUT2D eigenvalue weighted by Crippen LogP contribution is -2.05. The minimum absolute atomic E-state index is 0.278. The van der Waals surface area contributed by atoms with Gasteiger partial charge in [-0.3, -0.25) is 24.9 Å². The van der Waals surface area contributed by atoms with E-state index < -0.39 is 35.2 Å². The summed E-state index contributed by atoms with van der Waals surface area (Å²) in [5.74, 6) is 0. The van der Waals surface area contributed by atoms with Gasteiger partial charge in [0.05, 0.1) is 16.7 Å². The second-order valence-corrected chi connectivity index (χ2v) is 22.2. The SMILES string of the molecule is Cc1cncc(-c2cccc(-c3cc(-c4cccc(-c5cncc(-c6cccc(-c7cc(-c8cccc(-c9cncc(C(F)(F)F)c9)c8)cc(-c8cccc(-c9cncc(C(F)(F)F)c9)c8)c7)c6)c5)c4)cc(-c4cccc(-c5cncc(C(F)(F)F)c5)c4)c3)c2)c1. The van der Waals surface area contributed by atoms with Gasteiger partial charge in [0.1, 0.15) is 0 Å². The number of nitrogens with zero attached hydrogens (tertiary/aromatic N) is 5. The largest absolute Gasteiger partial charge is 0.417 e. The van der Waals surface area contributed by atoms with E-state index in [0.717, 1.165) is 131 Å². The summed E-state index contributed by atoms with van der Waals surface area (Å²) < 4.78 is 125. The van der Waals surface area contributed by atoms with Gasteiger partial charge < -0.3 is 0 Å². The molecule has 5 aromatic heterocycles. The predicted molar refractivity (Wildman–Crippen MR) is 340 cm³/mol. The van der Waals surface area contributed by atoms with Gasteiger partial charge in [0.2, 0.25) is 0 Å². The number of halogens is 9. The Balaban J connectivity index is 0.873. The monoisotopic (exact) mass is 1210 g/mol. The Morgan fingerprint density at radius 2 is 0.352 bits per heavy atom. The summed E-state index contributed by atoms with van der Waals surface area (Å²) in [4.78, 5) is 20.9. The molecule has 14 heteroatoms. The van der Waals surface area contributed by atoms with Crippen LogP contribution in [0.4, 0.5) is 39.5 Å². The Bertz CT molecular complexity index is 4780. The fourth-order valence-electron chi connectivity index (χ4n) is 11.3. The molecule has 0 saturated heterocycles. The van der Waals surface area contributed by atoms with Crippen LogP contribution in [0.1, 0.15) is 22.3 Å². The van der Waals surface area contributed by atoms with E-state index in [4.69, 9.17) is 4.98 Å². The van der Waals surface area contributed by atoms with Crippen molar-refractivity contribution in [2.75, 3.05) is 0 Å². The first-order chi connectivity index (χ1) is 43.8. The Hall–Kier alpha value is -11.1. The molecule has 0 bridgehead atoms. The molecule has 0 aliphatic carbocycles. The van der Waals surface area contributed by atoms with Crippen molar-refractivity contribution in [3.63, 3.8) is 0 Å². The predicted octanol–water partition coefficient (Wildman–Crippen LogP) is 22.0. The number of hydrogen-bond donors (Lipinski definition) is 0. The molecular formula is C77H48F9N5.